The molecule has 0 bridgehead atoms. The average Bonchev–Trinajstić information content (AvgIpc) is 2.39. The molecule has 0 aliphatic rings. The van der Waals surface area contributed by atoms with Gasteiger partial charge >= 0.3 is 41.2 Å². The van der Waals surface area contributed by atoms with E-state index < -0.39 is 22.3 Å². The minimum atomic E-state index is -0.972. The third-order valence-corrected chi connectivity index (χ3v) is 2.15. The first kappa shape index (κ1) is 23.1. The van der Waals surface area contributed by atoms with Gasteiger partial charge in [0.05, 0.1) is 17.1 Å². The number of rotatable bonds is 4. The number of pyridine rings is 1. The molecule has 1 N–H and O–H groups in total. The summed E-state index contributed by atoms with van der Waals surface area (Å²) >= 11 is 5.57. The van der Waals surface area contributed by atoms with Crippen molar-refractivity contribution in [3.8, 4) is 0 Å². The zero-order chi connectivity index (χ0) is 16.4. The Morgan fingerprint density at radius 2 is 2.09 bits per heavy atom. The van der Waals surface area contributed by atoms with Crippen LogP contribution in [0.15, 0.2) is 18.0 Å². The fourth-order valence-electron chi connectivity index (χ4n) is 1.15. The van der Waals surface area contributed by atoms with Gasteiger partial charge in [-0.25, -0.2) is 9.78 Å². The van der Waals surface area contributed by atoms with Crippen LogP contribution in [0.2, 0.25) is 5.15 Å². The van der Waals surface area contributed by atoms with Crippen molar-refractivity contribution in [1.82, 2.24) is 4.98 Å². The summed E-state index contributed by atoms with van der Waals surface area (Å²) in [5, 5.41) is 28.8. The van der Waals surface area contributed by atoms with E-state index in [2.05, 4.69) is 9.72 Å². The quantitative estimate of drug-likeness (QED) is 0.134. The second-order valence-corrected chi connectivity index (χ2v) is 3.69. The molecule has 0 spiro atoms. The van der Waals surface area contributed by atoms with E-state index in [-0.39, 0.29) is 53.5 Å². The molecule has 0 aliphatic carbocycles. The maximum atomic E-state index is 11.2. The van der Waals surface area contributed by atoms with Gasteiger partial charge in [0.2, 0.25) is 10.9 Å². The molecule has 0 aromatic carbocycles. The van der Waals surface area contributed by atoms with Crippen LogP contribution in [0.25, 0.3) is 6.08 Å². The summed E-state index contributed by atoms with van der Waals surface area (Å²) in [6.45, 7) is 3.22. The van der Waals surface area contributed by atoms with Crippen LogP contribution in [0.1, 0.15) is 19.4 Å². The van der Waals surface area contributed by atoms with Gasteiger partial charge in [0, 0.05) is 12.3 Å². The average molecular weight is 341 g/mol. The molecule has 116 valence electrons. The number of carbonyl (C=O) groups excluding carboxylic acids is 1. The Hall–Kier alpha value is -1.19. The molecule has 1 rings (SSSR count). The molecule has 10 heteroatoms. The number of nitrogens with zero attached hydrogens (tertiary/aromatic N) is 2. The number of aromatic nitrogens is 1. The fourth-order valence-corrected chi connectivity index (χ4v) is 1.39. The minimum absolute atomic E-state index is 0. The van der Waals surface area contributed by atoms with Crippen molar-refractivity contribution in [3.05, 3.63) is 38.9 Å². The van der Waals surface area contributed by atoms with Crippen molar-refractivity contribution in [2.75, 3.05) is 13.2 Å². The summed E-state index contributed by atoms with van der Waals surface area (Å²) in [4.78, 5) is 24.7. The maximum Gasteiger partial charge on any atom is 1.00 e. The number of hydrogen-bond donors (Lipinski definition) is 1. The third-order valence-electron chi connectivity index (χ3n) is 1.87. The van der Waals surface area contributed by atoms with Crippen LogP contribution in [0, 0.1) is 10.1 Å². The predicted octanol–water partition coefficient (Wildman–Crippen LogP) is -1.52. The van der Waals surface area contributed by atoms with Crippen LogP contribution in [0.3, 0.4) is 0 Å². The summed E-state index contributed by atoms with van der Waals surface area (Å²) in [5.41, 5.74) is -0.527. The van der Waals surface area contributed by atoms with Crippen LogP contribution in [0.5, 0.6) is 0 Å². The maximum absolute atomic E-state index is 11.2. The molecule has 0 atom stereocenters. The van der Waals surface area contributed by atoms with Crippen LogP contribution in [-0.4, -0.2) is 34.2 Å². The van der Waals surface area contributed by atoms with Gasteiger partial charge in [-0.3, -0.25) is 10.1 Å². The summed E-state index contributed by atoms with van der Waals surface area (Å²) < 4.78 is 4.53. The van der Waals surface area contributed by atoms with Gasteiger partial charge in [0.25, 0.3) is 0 Å². The van der Waals surface area contributed by atoms with E-state index in [9.17, 15) is 20.0 Å². The number of esters is 1. The Morgan fingerprint density at radius 3 is 2.55 bits per heavy atom. The zero-order valence-corrected chi connectivity index (χ0v) is 15.2. The summed E-state index contributed by atoms with van der Waals surface area (Å²) in [6, 6.07) is 1.25. The van der Waals surface area contributed by atoms with Crippen LogP contribution in [-0.2, 0) is 9.53 Å². The molecule has 1 aromatic rings. The van der Waals surface area contributed by atoms with Gasteiger partial charge in [-0.2, -0.15) is 0 Å². The van der Waals surface area contributed by atoms with E-state index >= 15 is 0 Å². The topological polar surface area (TPSA) is 126 Å². The third kappa shape index (κ3) is 7.71. The molecule has 0 aliphatic heterocycles. The van der Waals surface area contributed by atoms with E-state index in [1.807, 2.05) is 0 Å². The number of hydrogen-bond acceptors (Lipinski definition) is 7. The van der Waals surface area contributed by atoms with E-state index in [0.29, 0.717) is 0 Å². The number of carbonyl (C=O) groups is 1. The minimum Gasteiger partial charge on any atom is -0.855 e. The molecule has 0 saturated heterocycles. The Labute approximate surface area is 154 Å². The van der Waals surface area contributed by atoms with Crippen molar-refractivity contribution in [2.45, 2.75) is 13.8 Å². The van der Waals surface area contributed by atoms with Gasteiger partial charge in [-0.1, -0.05) is 18.5 Å². The number of aliphatic hydroxyl groups is 1. The predicted molar refractivity (Wildman–Crippen MR) is 73.7 cm³/mol. The second kappa shape index (κ2) is 12.4. The van der Waals surface area contributed by atoms with Gasteiger partial charge in [0.15, 0.2) is 0 Å². The second-order valence-electron chi connectivity index (χ2n) is 3.34. The molecular weight excluding hydrogens is 327 g/mol. The number of aliphatic hydroxyl groups excluding tert-OH is 1. The molecule has 8 nitrogen and oxygen atoms in total. The van der Waals surface area contributed by atoms with E-state index in [4.69, 9.17) is 16.7 Å². The van der Waals surface area contributed by atoms with Crippen molar-refractivity contribution < 1.29 is 54.2 Å². The molecule has 0 radical (unpaired) electrons. The first-order valence-corrected chi connectivity index (χ1v) is 6.21. The number of ether oxygens (including phenoxy) is 1. The molecule has 1 aromatic heterocycles. The Bertz CT molecular complexity index is 538. The number of halogens is 1. The molecule has 0 fully saturated rings. The fraction of sp³-hybridized carbons (Fsp3) is 0.333. The summed E-state index contributed by atoms with van der Waals surface area (Å²) in [5.74, 6) is -1.72. The van der Waals surface area contributed by atoms with Gasteiger partial charge in [-0.15, -0.1) is 6.61 Å². The molecule has 0 saturated carbocycles. The van der Waals surface area contributed by atoms with Crippen LogP contribution in [0.4, 0.5) is 5.69 Å². The van der Waals surface area contributed by atoms with Gasteiger partial charge < -0.3 is 14.9 Å². The SMILES string of the molecule is CCOC(=O)C(O)=Cc1ccnc(Cl)c1[N+](=O)[O-].CC[O-].[Na+]. The Kier molecular flexibility index (Phi) is 13.0. The Balaban J connectivity index is 0. The van der Waals surface area contributed by atoms with Gasteiger partial charge in [-0.05, 0) is 13.0 Å². The monoisotopic (exact) mass is 340 g/mol. The van der Waals surface area contributed by atoms with Crippen molar-refractivity contribution >= 4 is 29.3 Å². The molecular formula is C12H14ClN2NaO6. The van der Waals surface area contributed by atoms with E-state index in [1.54, 1.807) is 13.8 Å². The molecule has 0 amide bonds. The largest absolute Gasteiger partial charge is 1.00 e. The van der Waals surface area contributed by atoms with Crippen molar-refractivity contribution in [3.63, 3.8) is 0 Å². The Morgan fingerprint density at radius 1 is 1.55 bits per heavy atom. The van der Waals surface area contributed by atoms with E-state index in [1.165, 1.54) is 12.3 Å². The zero-order valence-electron chi connectivity index (χ0n) is 12.4. The molecule has 22 heavy (non-hydrogen) atoms. The smallest absolute Gasteiger partial charge is 0.855 e. The molecule has 1 heterocycles. The van der Waals surface area contributed by atoms with Crippen molar-refractivity contribution in [1.29, 1.82) is 0 Å². The summed E-state index contributed by atoms with van der Waals surface area (Å²) in [7, 11) is 0. The van der Waals surface area contributed by atoms with Crippen LogP contribution >= 0.6 is 11.6 Å². The van der Waals surface area contributed by atoms with Crippen molar-refractivity contribution in [2.24, 2.45) is 0 Å². The first-order chi connectivity index (χ1) is 9.88. The van der Waals surface area contributed by atoms with E-state index in [0.717, 1.165) is 6.08 Å². The number of nitro groups is 1. The summed E-state index contributed by atoms with van der Waals surface area (Å²) in [6.07, 6.45) is 2.13. The van der Waals surface area contributed by atoms with Crippen LogP contribution < -0.4 is 34.7 Å². The van der Waals surface area contributed by atoms with Gasteiger partial charge in [0.1, 0.15) is 0 Å². The molecule has 0 unspecified atom stereocenters. The normalized spacial score (nSPS) is 9.91. The first-order valence-electron chi connectivity index (χ1n) is 5.83. The standard InChI is InChI=1S/C10H9ClN2O5.C2H5O.Na/c1-2-18-10(15)7(14)5-6-3-4-12-9(11)8(6)13(16)17;1-2-3;/h3-5,14H,2H2,1H3;2H2,1H3;/q;-1;+1.